The first-order valence-corrected chi connectivity index (χ1v) is 9.06. The molecular formula is C21H27FN2O2. The summed E-state index contributed by atoms with van der Waals surface area (Å²) in [7, 11) is 3.28. The molecule has 0 saturated carbocycles. The Morgan fingerprint density at radius 1 is 1.19 bits per heavy atom. The van der Waals surface area contributed by atoms with E-state index < -0.39 is 0 Å². The average Bonchev–Trinajstić information content (AvgIpc) is 2.67. The van der Waals surface area contributed by atoms with Crippen molar-refractivity contribution in [2.24, 2.45) is 5.73 Å². The van der Waals surface area contributed by atoms with Gasteiger partial charge in [-0.1, -0.05) is 25.1 Å². The molecule has 2 atom stereocenters. The van der Waals surface area contributed by atoms with Crippen molar-refractivity contribution in [2.75, 3.05) is 20.8 Å². The first kappa shape index (κ1) is 18.7. The Kier molecular flexibility index (Phi) is 5.79. The van der Waals surface area contributed by atoms with E-state index in [0.717, 1.165) is 30.7 Å². The fraction of sp³-hybridized carbons (Fsp3) is 0.429. The van der Waals surface area contributed by atoms with Crippen LogP contribution in [0.2, 0.25) is 0 Å². The number of methoxy groups -OCH3 is 2. The van der Waals surface area contributed by atoms with Crippen LogP contribution < -0.4 is 15.2 Å². The standard InChI is InChI=1S/C21H27FN2O2/c1-4-18(23)21-16-12-20(26-3)19(25-2)11-14(16)9-10-24(21)13-15-7-5-6-8-17(15)22/h5-8,11-12,18,21H,4,9-10,13,23H2,1-3H3/t18-,21+/m1/s1. The average molecular weight is 358 g/mol. The molecule has 1 heterocycles. The first-order valence-electron chi connectivity index (χ1n) is 9.06. The molecule has 0 bridgehead atoms. The van der Waals surface area contributed by atoms with E-state index in [9.17, 15) is 4.39 Å². The van der Waals surface area contributed by atoms with Crippen LogP contribution in [-0.4, -0.2) is 31.7 Å². The molecule has 0 aromatic heterocycles. The van der Waals surface area contributed by atoms with Crippen molar-refractivity contribution >= 4 is 0 Å². The van der Waals surface area contributed by atoms with E-state index in [0.29, 0.717) is 17.9 Å². The lowest BCUT2D eigenvalue weighted by Gasteiger charge is -2.40. The van der Waals surface area contributed by atoms with E-state index in [1.807, 2.05) is 24.3 Å². The van der Waals surface area contributed by atoms with Gasteiger partial charge >= 0.3 is 0 Å². The maximum absolute atomic E-state index is 14.2. The highest BCUT2D eigenvalue weighted by atomic mass is 19.1. The Morgan fingerprint density at radius 2 is 1.88 bits per heavy atom. The summed E-state index contributed by atoms with van der Waals surface area (Å²) in [6.07, 6.45) is 1.71. The van der Waals surface area contributed by atoms with Crippen LogP contribution >= 0.6 is 0 Å². The van der Waals surface area contributed by atoms with Crippen LogP contribution in [0.25, 0.3) is 0 Å². The summed E-state index contributed by atoms with van der Waals surface area (Å²) >= 11 is 0. The van der Waals surface area contributed by atoms with Crippen LogP contribution in [-0.2, 0) is 13.0 Å². The van der Waals surface area contributed by atoms with Gasteiger partial charge in [-0.2, -0.15) is 0 Å². The second kappa shape index (κ2) is 8.06. The lowest BCUT2D eigenvalue weighted by atomic mass is 9.86. The predicted octanol–water partition coefficient (Wildman–Crippen LogP) is 3.68. The zero-order valence-electron chi connectivity index (χ0n) is 15.7. The third kappa shape index (κ3) is 3.55. The Balaban J connectivity index is 2.00. The number of nitrogens with two attached hydrogens (primary N) is 1. The number of benzene rings is 2. The molecule has 0 unspecified atom stereocenters. The molecule has 5 heteroatoms. The Morgan fingerprint density at radius 3 is 2.54 bits per heavy atom. The number of hydrogen-bond donors (Lipinski definition) is 1. The fourth-order valence-electron chi connectivity index (χ4n) is 3.78. The molecule has 0 amide bonds. The molecule has 1 aliphatic heterocycles. The SMILES string of the molecule is CC[C@@H](N)[C@@H]1c2cc(OC)c(OC)cc2CCN1Cc1ccccc1F. The Bertz CT molecular complexity index is 766. The quantitative estimate of drug-likeness (QED) is 0.856. The van der Waals surface area contributed by atoms with E-state index in [1.54, 1.807) is 20.3 Å². The van der Waals surface area contributed by atoms with Crippen molar-refractivity contribution in [1.29, 1.82) is 0 Å². The fourth-order valence-corrected chi connectivity index (χ4v) is 3.78. The molecule has 0 saturated heterocycles. The van der Waals surface area contributed by atoms with Crippen LogP contribution in [0, 0.1) is 5.82 Å². The molecule has 0 radical (unpaired) electrons. The molecule has 2 aromatic rings. The Hall–Kier alpha value is -2.11. The largest absolute Gasteiger partial charge is 0.493 e. The third-order valence-electron chi connectivity index (χ3n) is 5.23. The summed E-state index contributed by atoms with van der Waals surface area (Å²) in [4.78, 5) is 2.28. The van der Waals surface area contributed by atoms with Gasteiger partial charge in [0.1, 0.15) is 5.82 Å². The second-order valence-electron chi connectivity index (χ2n) is 6.73. The van der Waals surface area contributed by atoms with Gasteiger partial charge in [0.25, 0.3) is 0 Å². The van der Waals surface area contributed by atoms with Crippen molar-refractivity contribution < 1.29 is 13.9 Å². The van der Waals surface area contributed by atoms with E-state index in [1.165, 1.54) is 11.6 Å². The molecule has 26 heavy (non-hydrogen) atoms. The first-order chi connectivity index (χ1) is 12.6. The zero-order valence-corrected chi connectivity index (χ0v) is 15.7. The minimum absolute atomic E-state index is 0.0168. The van der Waals surface area contributed by atoms with Gasteiger partial charge in [-0.15, -0.1) is 0 Å². The number of hydrogen-bond acceptors (Lipinski definition) is 4. The third-order valence-corrected chi connectivity index (χ3v) is 5.23. The topological polar surface area (TPSA) is 47.7 Å². The summed E-state index contributed by atoms with van der Waals surface area (Å²) in [6, 6.07) is 11.0. The molecule has 2 N–H and O–H groups in total. The van der Waals surface area contributed by atoms with E-state index in [-0.39, 0.29) is 17.9 Å². The molecule has 4 nitrogen and oxygen atoms in total. The van der Waals surface area contributed by atoms with Crippen LogP contribution in [0.3, 0.4) is 0 Å². The van der Waals surface area contributed by atoms with Crippen molar-refractivity contribution in [3.05, 3.63) is 58.9 Å². The minimum atomic E-state index is -0.172. The van der Waals surface area contributed by atoms with Gasteiger partial charge in [0.15, 0.2) is 11.5 Å². The number of nitrogens with zero attached hydrogens (tertiary/aromatic N) is 1. The van der Waals surface area contributed by atoms with Gasteiger partial charge in [0.05, 0.1) is 20.3 Å². The second-order valence-corrected chi connectivity index (χ2v) is 6.73. The maximum Gasteiger partial charge on any atom is 0.161 e. The molecule has 0 aliphatic carbocycles. The van der Waals surface area contributed by atoms with E-state index in [2.05, 4.69) is 11.8 Å². The van der Waals surface area contributed by atoms with Crippen LogP contribution in [0.5, 0.6) is 11.5 Å². The summed E-state index contributed by atoms with van der Waals surface area (Å²) in [5.74, 6) is 1.26. The normalized spacial score (nSPS) is 18.3. The highest BCUT2D eigenvalue weighted by Crippen LogP contribution is 2.40. The molecule has 1 aliphatic rings. The van der Waals surface area contributed by atoms with Crippen LogP contribution in [0.15, 0.2) is 36.4 Å². The van der Waals surface area contributed by atoms with Gasteiger partial charge in [0, 0.05) is 24.7 Å². The molecule has 3 rings (SSSR count). The number of halogens is 1. The van der Waals surface area contributed by atoms with Crippen LogP contribution in [0.4, 0.5) is 4.39 Å². The van der Waals surface area contributed by atoms with Gasteiger partial charge in [0.2, 0.25) is 0 Å². The molecule has 2 aromatic carbocycles. The zero-order chi connectivity index (χ0) is 18.7. The summed E-state index contributed by atoms with van der Waals surface area (Å²) < 4.78 is 25.1. The van der Waals surface area contributed by atoms with E-state index in [4.69, 9.17) is 15.2 Å². The minimum Gasteiger partial charge on any atom is -0.493 e. The van der Waals surface area contributed by atoms with Crippen molar-refractivity contribution in [2.45, 2.75) is 38.4 Å². The van der Waals surface area contributed by atoms with Gasteiger partial charge in [-0.3, -0.25) is 4.90 Å². The van der Waals surface area contributed by atoms with E-state index >= 15 is 0 Å². The number of ether oxygens (including phenoxy) is 2. The lowest BCUT2D eigenvalue weighted by Crippen LogP contribution is -2.44. The monoisotopic (exact) mass is 358 g/mol. The smallest absolute Gasteiger partial charge is 0.161 e. The van der Waals surface area contributed by atoms with Crippen molar-refractivity contribution in [3.8, 4) is 11.5 Å². The molecule has 0 spiro atoms. The molecule has 140 valence electrons. The van der Waals surface area contributed by atoms with Gasteiger partial charge in [-0.05, 0) is 42.2 Å². The highest BCUT2D eigenvalue weighted by molar-refractivity contribution is 5.50. The van der Waals surface area contributed by atoms with Crippen LogP contribution in [0.1, 0.15) is 36.1 Å². The molecular weight excluding hydrogens is 331 g/mol. The highest BCUT2D eigenvalue weighted by Gasteiger charge is 2.33. The number of rotatable bonds is 6. The molecule has 0 fully saturated rings. The summed E-state index contributed by atoms with van der Waals surface area (Å²) in [5, 5.41) is 0. The van der Waals surface area contributed by atoms with Crippen molar-refractivity contribution in [3.63, 3.8) is 0 Å². The predicted molar refractivity (Wildman–Crippen MR) is 101 cm³/mol. The summed E-state index contributed by atoms with van der Waals surface area (Å²) in [6.45, 7) is 3.45. The van der Waals surface area contributed by atoms with Crippen molar-refractivity contribution in [1.82, 2.24) is 4.90 Å². The summed E-state index contributed by atoms with van der Waals surface area (Å²) in [5.41, 5.74) is 9.57. The maximum atomic E-state index is 14.2. The van der Waals surface area contributed by atoms with Gasteiger partial charge < -0.3 is 15.2 Å². The lowest BCUT2D eigenvalue weighted by molar-refractivity contribution is 0.147. The number of fused-ring (bicyclic) bond motifs is 1. The van der Waals surface area contributed by atoms with Gasteiger partial charge in [-0.25, -0.2) is 4.39 Å². The Labute approximate surface area is 154 Å².